The van der Waals surface area contributed by atoms with Gasteiger partial charge in [0.05, 0.1) is 12.6 Å². The van der Waals surface area contributed by atoms with E-state index in [0.717, 1.165) is 18.5 Å². The second-order valence-electron chi connectivity index (χ2n) is 6.17. The minimum atomic E-state index is -0.308. The Bertz CT molecular complexity index is 588. The van der Waals surface area contributed by atoms with E-state index >= 15 is 0 Å². The normalized spacial score (nSPS) is 15.6. The smallest absolute Gasteiger partial charge is 0.191 e. The molecule has 0 spiro atoms. The fourth-order valence-corrected chi connectivity index (χ4v) is 2.32. The van der Waals surface area contributed by atoms with Crippen LogP contribution in [0.2, 0.25) is 0 Å². The van der Waals surface area contributed by atoms with Crippen LogP contribution in [0, 0.1) is 11.7 Å². The Balaban J connectivity index is 0.00000312. The average molecular weight is 461 g/mol. The molecule has 2 rings (SSSR count). The summed E-state index contributed by atoms with van der Waals surface area (Å²) in [6.45, 7) is 5.41. The lowest BCUT2D eigenvalue weighted by atomic mass is 10.1. The lowest BCUT2D eigenvalue weighted by Crippen LogP contribution is -2.39. The topological polar surface area (TPSA) is 45.7 Å². The number of allylic oxidation sites excluding steroid dienone is 1. The van der Waals surface area contributed by atoms with Crippen LogP contribution < -0.4 is 15.4 Å². The highest BCUT2D eigenvalue weighted by Gasteiger charge is 2.22. The summed E-state index contributed by atoms with van der Waals surface area (Å²) < 4.78 is 19.7. The third kappa shape index (κ3) is 7.63. The van der Waals surface area contributed by atoms with E-state index in [1.165, 1.54) is 18.9 Å². The molecule has 0 amide bonds. The van der Waals surface area contributed by atoms with Crippen molar-refractivity contribution in [2.45, 2.75) is 39.2 Å². The van der Waals surface area contributed by atoms with Gasteiger partial charge in [0, 0.05) is 13.6 Å². The van der Waals surface area contributed by atoms with Gasteiger partial charge in [0.1, 0.15) is 0 Å². The van der Waals surface area contributed by atoms with Gasteiger partial charge in [0.15, 0.2) is 17.5 Å². The Kier molecular flexibility index (Phi) is 9.85. The summed E-state index contributed by atoms with van der Waals surface area (Å²) in [5, 5.41) is 6.51. The fourth-order valence-electron chi connectivity index (χ4n) is 2.32. The molecule has 1 aliphatic carbocycles. The molecule has 1 aliphatic rings. The summed E-state index contributed by atoms with van der Waals surface area (Å²) in [4.78, 5) is 4.20. The number of guanidine groups is 1. The first-order valence-electron chi connectivity index (χ1n) is 8.64. The molecule has 0 radical (unpaired) electrons. The summed E-state index contributed by atoms with van der Waals surface area (Å²) in [5.41, 5.74) is 0.864. The van der Waals surface area contributed by atoms with Gasteiger partial charge in [-0.2, -0.15) is 0 Å². The first-order valence-corrected chi connectivity index (χ1v) is 8.64. The molecule has 140 valence electrons. The molecule has 0 aliphatic heterocycles. The van der Waals surface area contributed by atoms with Crippen molar-refractivity contribution in [3.8, 4) is 5.75 Å². The molecule has 1 aromatic carbocycles. The van der Waals surface area contributed by atoms with Gasteiger partial charge in [-0.25, -0.2) is 4.39 Å². The van der Waals surface area contributed by atoms with Gasteiger partial charge in [0.2, 0.25) is 0 Å². The number of rotatable bonds is 8. The number of hydrogen-bond donors (Lipinski definition) is 2. The second kappa shape index (κ2) is 11.3. The van der Waals surface area contributed by atoms with Crippen LogP contribution in [-0.2, 0) is 0 Å². The molecule has 1 unspecified atom stereocenters. The zero-order valence-electron chi connectivity index (χ0n) is 15.2. The van der Waals surface area contributed by atoms with E-state index in [0.29, 0.717) is 24.2 Å². The lowest BCUT2D eigenvalue weighted by molar-refractivity contribution is 0.285. The average Bonchev–Trinajstić information content (AvgIpc) is 3.40. The van der Waals surface area contributed by atoms with E-state index in [2.05, 4.69) is 21.7 Å². The van der Waals surface area contributed by atoms with Crippen LogP contribution in [-0.4, -0.2) is 26.2 Å². The molecule has 0 aromatic heterocycles. The first kappa shape index (κ1) is 21.7. The van der Waals surface area contributed by atoms with Crippen LogP contribution in [0.15, 0.2) is 35.3 Å². The van der Waals surface area contributed by atoms with Gasteiger partial charge < -0.3 is 15.4 Å². The van der Waals surface area contributed by atoms with Crippen molar-refractivity contribution in [1.29, 1.82) is 0 Å². The van der Waals surface area contributed by atoms with E-state index in [1.54, 1.807) is 13.1 Å². The Morgan fingerprint density at radius 1 is 1.44 bits per heavy atom. The molecule has 4 nitrogen and oxygen atoms in total. The summed E-state index contributed by atoms with van der Waals surface area (Å²) in [6.07, 6.45) is 7.45. The van der Waals surface area contributed by atoms with Gasteiger partial charge in [-0.3, -0.25) is 4.99 Å². The fraction of sp³-hybridized carbons (Fsp3) is 0.526. The molecule has 0 heterocycles. The predicted molar refractivity (Wildman–Crippen MR) is 112 cm³/mol. The van der Waals surface area contributed by atoms with Crippen LogP contribution in [0.3, 0.4) is 0 Å². The molecule has 1 fully saturated rings. The van der Waals surface area contributed by atoms with Crippen molar-refractivity contribution < 1.29 is 9.13 Å². The molecular formula is C19H29FIN3O. The van der Waals surface area contributed by atoms with E-state index in [-0.39, 0.29) is 35.8 Å². The van der Waals surface area contributed by atoms with E-state index in [4.69, 9.17) is 4.74 Å². The Labute approximate surface area is 167 Å². The van der Waals surface area contributed by atoms with Crippen LogP contribution in [0.5, 0.6) is 5.75 Å². The van der Waals surface area contributed by atoms with Gasteiger partial charge in [-0.1, -0.05) is 18.2 Å². The Morgan fingerprint density at radius 3 is 2.80 bits per heavy atom. The highest BCUT2D eigenvalue weighted by Crippen LogP contribution is 2.30. The minimum absolute atomic E-state index is 0. The second-order valence-corrected chi connectivity index (χ2v) is 6.17. The van der Waals surface area contributed by atoms with E-state index in [9.17, 15) is 4.39 Å². The van der Waals surface area contributed by atoms with E-state index in [1.807, 2.05) is 26.0 Å². The highest BCUT2D eigenvalue weighted by molar-refractivity contribution is 14.0. The molecule has 25 heavy (non-hydrogen) atoms. The molecule has 0 bridgehead atoms. The zero-order chi connectivity index (χ0) is 17.4. The van der Waals surface area contributed by atoms with Crippen molar-refractivity contribution in [3.05, 3.63) is 41.7 Å². The number of nitrogens with one attached hydrogen (secondary N) is 2. The molecule has 1 atom stereocenters. The van der Waals surface area contributed by atoms with Gasteiger partial charge in [-0.05, 0) is 56.7 Å². The summed E-state index contributed by atoms with van der Waals surface area (Å²) in [5.74, 6) is 1.35. The van der Waals surface area contributed by atoms with Crippen molar-refractivity contribution in [1.82, 2.24) is 10.6 Å². The summed E-state index contributed by atoms with van der Waals surface area (Å²) in [6, 6.07) is 5.10. The maximum absolute atomic E-state index is 14.2. The summed E-state index contributed by atoms with van der Waals surface area (Å²) >= 11 is 0. The minimum Gasteiger partial charge on any atom is -0.490 e. The number of benzene rings is 1. The molecule has 0 saturated heterocycles. The lowest BCUT2D eigenvalue weighted by Gasteiger charge is -2.18. The molecule has 1 saturated carbocycles. The number of nitrogens with zero attached hydrogens (tertiary/aromatic N) is 1. The molecule has 1 aromatic rings. The highest BCUT2D eigenvalue weighted by atomic mass is 127. The Hall–Kier alpha value is -1.31. The number of ether oxygens (including phenoxy) is 1. The summed E-state index contributed by atoms with van der Waals surface area (Å²) in [7, 11) is 1.73. The number of aliphatic imine (C=N–C) groups is 1. The van der Waals surface area contributed by atoms with Crippen molar-refractivity contribution >= 4 is 29.9 Å². The van der Waals surface area contributed by atoms with Gasteiger partial charge in [0.25, 0.3) is 0 Å². The van der Waals surface area contributed by atoms with Gasteiger partial charge in [-0.15, -0.1) is 24.0 Å². The monoisotopic (exact) mass is 461 g/mol. The van der Waals surface area contributed by atoms with Crippen LogP contribution in [0.25, 0.3) is 0 Å². The predicted octanol–water partition coefficient (Wildman–Crippen LogP) is 4.42. The number of hydrogen-bond acceptors (Lipinski definition) is 2. The SMILES string of the molecule is C/C=C/CCNC(=NC)NC(C)c1ccc(OCC2CC2)c(F)c1.I. The van der Waals surface area contributed by atoms with Crippen molar-refractivity contribution in [3.63, 3.8) is 0 Å². The molecule has 2 N–H and O–H groups in total. The molecular weight excluding hydrogens is 432 g/mol. The van der Waals surface area contributed by atoms with Gasteiger partial charge >= 0.3 is 0 Å². The first-order chi connectivity index (χ1) is 11.6. The maximum Gasteiger partial charge on any atom is 0.191 e. The maximum atomic E-state index is 14.2. The third-order valence-corrected chi connectivity index (χ3v) is 4.04. The third-order valence-electron chi connectivity index (χ3n) is 4.04. The van der Waals surface area contributed by atoms with Crippen molar-refractivity contribution in [2.24, 2.45) is 10.9 Å². The van der Waals surface area contributed by atoms with Crippen LogP contribution in [0.1, 0.15) is 44.7 Å². The van der Waals surface area contributed by atoms with Crippen LogP contribution >= 0.6 is 24.0 Å². The van der Waals surface area contributed by atoms with Crippen molar-refractivity contribution in [2.75, 3.05) is 20.2 Å². The molecule has 6 heteroatoms. The largest absolute Gasteiger partial charge is 0.490 e. The van der Waals surface area contributed by atoms with Crippen LogP contribution in [0.4, 0.5) is 4.39 Å². The van der Waals surface area contributed by atoms with E-state index < -0.39 is 0 Å². The zero-order valence-corrected chi connectivity index (χ0v) is 17.5. The Morgan fingerprint density at radius 2 is 2.20 bits per heavy atom. The standard InChI is InChI=1S/C19H28FN3O.HI/c1-4-5-6-11-22-19(21-3)23-14(2)16-9-10-18(17(20)12-16)24-13-15-7-8-15;/h4-5,9-10,12,14-15H,6-8,11,13H2,1-3H3,(H2,21,22,23);1H/b5-4+;. The number of halogens is 2. The quantitative estimate of drug-likeness (QED) is 0.198.